The van der Waals surface area contributed by atoms with Crippen LogP contribution in [0.15, 0.2) is 78.9 Å². The summed E-state index contributed by atoms with van der Waals surface area (Å²) in [5, 5.41) is 13.6. The second-order valence-electron chi connectivity index (χ2n) is 6.09. The number of benzene rings is 3. The largest absolute Gasteiger partial charge is 0.508 e. The number of halogens is 1. The fraction of sp³-hybridized carbons (Fsp3) is 0.136. The Morgan fingerprint density at radius 1 is 0.885 bits per heavy atom. The van der Waals surface area contributed by atoms with Gasteiger partial charge in [-0.3, -0.25) is 4.79 Å². The summed E-state index contributed by atoms with van der Waals surface area (Å²) in [5.41, 5.74) is 2.74. The number of para-hydroxylation sites is 1. The molecule has 1 atom stereocenters. The van der Waals surface area contributed by atoms with Crippen molar-refractivity contribution in [1.82, 2.24) is 5.32 Å². The van der Waals surface area contributed by atoms with Crippen molar-refractivity contribution in [3.05, 3.63) is 101 Å². The third-order valence-electron chi connectivity index (χ3n) is 4.25. The number of carbonyl (C=O) groups is 1. The number of phenols is 1. The van der Waals surface area contributed by atoms with E-state index >= 15 is 0 Å². The number of rotatable bonds is 6. The van der Waals surface area contributed by atoms with Crippen molar-refractivity contribution in [2.75, 3.05) is 0 Å². The van der Waals surface area contributed by atoms with E-state index in [0.717, 1.165) is 16.7 Å². The highest BCUT2D eigenvalue weighted by Crippen LogP contribution is 2.24. The second kappa shape index (κ2) is 8.54. The van der Waals surface area contributed by atoms with Gasteiger partial charge in [-0.1, -0.05) is 72.3 Å². The molecular weight excluding hydrogens is 346 g/mol. The van der Waals surface area contributed by atoms with E-state index in [-0.39, 0.29) is 17.7 Å². The molecule has 0 aliphatic carbocycles. The van der Waals surface area contributed by atoms with Crippen molar-refractivity contribution in [3.8, 4) is 5.75 Å². The van der Waals surface area contributed by atoms with Gasteiger partial charge in [0.15, 0.2) is 0 Å². The van der Waals surface area contributed by atoms with Crippen molar-refractivity contribution >= 4 is 17.5 Å². The van der Waals surface area contributed by atoms with Crippen LogP contribution in [-0.2, 0) is 11.2 Å². The van der Waals surface area contributed by atoms with E-state index in [1.54, 1.807) is 12.1 Å². The van der Waals surface area contributed by atoms with Gasteiger partial charge in [-0.05, 0) is 41.3 Å². The zero-order valence-electron chi connectivity index (χ0n) is 14.2. The first kappa shape index (κ1) is 18.0. The van der Waals surface area contributed by atoms with E-state index in [0.29, 0.717) is 17.9 Å². The molecule has 0 aliphatic rings. The van der Waals surface area contributed by atoms with Crippen LogP contribution in [0, 0.1) is 0 Å². The lowest BCUT2D eigenvalue weighted by Gasteiger charge is -2.20. The van der Waals surface area contributed by atoms with E-state index in [4.69, 9.17) is 11.6 Å². The molecule has 0 fully saturated rings. The van der Waals surface area contributed by atoms with Gasteiger partial charge in [-0.2, -0.15) is 0 Å². The zero-order valence-corrected chi connectivity index (χ0v) is 15.0. The molecule has 0 saturated heterocycles. The maximum atomic E-state index is 12.5. The number of amides is 1. The van der Waals surface area contributed by atoms with Crippen LogP contribution in [-0.4, -0.2) is 11.0 Å². The number of phenolic OH excluding ortho intramolecular Hbond substituents is 1. The topological polar surface area (TPSA) is 49.3 Å². The third kappa shape index (κ3) is 4.64. The summed E-state index contributed by atoms with van der Waals surface area (Å²) >= 11 is 5.99. The Labute approximate surface area is 158 Å². The maximum absolute atomic E-state index is 12.5. The van der Waals surface area contributed by atoms with Crippen LogP contribution >= 0.6 is 11.6 Å². The summed E-state index contributed by atoms with van der Waals surface area (Å²) < 4.78 is 0. The van der Waals surface area contributed by atoms with Gasteiger partial charge in [0.2, 0.25) is 5.91 Å². The molecule has 0 aromatic heterocycles. The lowest BCUT2D eigenvalue weighted by molar-refractivity contribution is -0.121. The average molecular weight is 366 g/mol. The molecule has 0 bridgehead atoms. The first-order valence-electron chi connectivity index (χ1n) is 8.50. The van der Waals surface area contributed by atoms with Crippen LogP contribution in [0.5, 0.6) is 5.75 Å². The first-order valence-corrected chi connectivity index (χ1v) is 8.88. The molecule has 3 nitrogen and oxygen atoms in total. The smallest absolute Gasteiger partial charge is 0.221 e. The van der Waals surface area contributed by atoms with E-state index in [2.05, 4.69) is 5.32 Å². The minimum atomic E-state index is -0.245. The lowest BCUT2D eigenvalue weighted by atomic mass is 9.98. The van der Waals surface area contributed by atoms with Crippen LogP contribution in [0.4, 0.5) is 0 Å². The van der Waals surface area contributed by atoms with Gasteiger partial charge in [0.05, 0.1) is 6.04 Å². The molecule has 2 N–H and O–H groups in total. The van der Waals surface area contributed by atoms with Gasteiger partial charge in [-0.15, -0.1) is 0 Å². The summed E-state index contributed by atoms with van der Waals surface area (Å²) in [6.45, 7) is 0. The highest BCUT2D eigenvalue weighted by Gasteiger charge is 2.17. The Morgan fingerprint density at radius 2 is 1.50 bits per heavy atom. The number of nitrogens with one attached hydrogen (secondary N) is 1. The quantitative estimate of drug-likeness (QED) is 0.653. The Kier molecular flexibility index (Phi) is 5.92. The van der Waals surface area contributed by atoms with Crippen molar-refractivity contribution in [1.29, 1.82) is 0 Å². The summed E-state index contributed by atoms with van der Waals surface area (Å²) in [4.78, 5) is 12.5. The van der Waals surface area contributed by atoms with Crippen molar-refractivity contribution in [2.24, 2.45) is 0 Å². The highest BCUT2D eigenvalue weighted by atomic mass is 35.5. The maximum Gasteiger partial charge on any atom is 0.221 e. The van der Waals surface area contributed by atoms with Crippen molar-refractivity contribution in [2.45, 2.75) is 18.9 Å². The molecule has 1 amide bonds. The predicted octanol–water partition coefficient (Wildman–Crippen LogP) is 4.88. The van der Waals surface area contributed by atoms with E-state index in [1.807, 2.05) is 66.7 Å². The predicted molar refractivity (Wildman–Crippen MR) is 104 cm³/mol. The number of aryl methyl sites for hydroxylation is 1. The molecule has 132 valence electrons. The minimum absolute atomic E-state index is 0.0722. The van der Waals surface area contributed by atoms with Crippen molar-refractivity contribution < 1.29 is 9.90 Å². The Bertz CT molecular complexity index is 863. The van der Waals surface area contributed by atoms with E-state index < -0.39 is 0 Å². The SMILES string of the molecule is O=C(CCc1ccccc1O)NC(c1ccccc1)c1ccc(Cl)cc1. The molecule has 0 spiro atoms. The molecule has 0 saturated carbocycles. The summed E-state index contributed by atoms with van der Waals surface area (Å²) in [6.07, 6.45) is 0.787. The number of carbonyl (C=O) groups excluding carboxylic acids is 1. The standard InChI is InChI=1S/C22H20ClNO2/c23-19-13-10-18(11-14-19)22(17-7-2-1-3-8-17)24-21(26)15-12-16-6-4-5-9-20(16)25/h1-11,13-14,22,25H,12,15H2,(H,24,26). The molecule has 3 aromatic rings. The van der Waals surface area contributed by atoms with E-state index in [9.17, 15) is 9.90 Å². The molecule has 3 aromatic carbocycles. The lowest BCUT2D eigenvalue weighted by Crippen LogP contribution is -2.29. The van der Waals surface area contributed by atoms with Gasteiger partial charge in [0.25, 0.3) is 0 Å². The van der Waals surface area contributed by atoms with Crippen LogP contribution in [0.3, 0.4) is 0 Å². The number of aromatic hydroxyl groups is 1. The average Bonchev–Trinajstić information content (AvgIpc) is 2.67. The third-order valence-corrected chi connectivity index (χ3v) is 4.51. The van der Waals surface area contributed by atoms with Gasteiger partial charge < -0.3 is 10.4 Å². The molecule has 3 rings (SSSR count). The van der Waals surface area contributed by atoms with Crippen LogP contribution < -0.4 is 5.32 Å². The fourth-order valence-corrected chi connectivity index (χ4v) is 2.99. The number of hydrogen-bond acceptors (Lipinski definition) is 2. The van der Waals surface area contributed by atoms with Crippen LogP contribution in [0.2, 0.25) is 5.02 Å². The summed E-state index contributed by atoms with van der Waals surface area (Å²) in [6, 6.07) is 24.1. The Morgan fingerprint density at radius 3 is 2.19 bits per heavy atom. The number of hydrogen-bond donors (Lipinski definition) is 2. The second-order valence-corrected chi connectivity index (χ2v) is 6.53. The highest BCUT2D eigenvalue weighted by molar-refractivity contribution is 6.30. The van der Waals surface area contributed by atoms with Crippen molar-refractivity contribution in [3.63, 3.8) is 0 Å². The molecule has 0 radical (unpaired) electrons. The Hall–Kier alpha value is -2.78. The normalized spacial score (nSPS) is 11.7. The van der Waals surface area contributed by atoms with E-state index in [1.165, 1.54) is 0 Å². The van der Waals surface area contributed by atoms with Crippen LogP contribution in [0.1, 0.15) is 29.2 Å². The molecular formula is C22H20ClNO2. The zero-order chi connectivity index (χ0) is 18.4. The monoisotopic (exact) mass is 365 g/mol. The summed E-state index contributed by atoms with van der Waals surface area (Å²) in [7, 11) is 0. The van der Waals surface area contributed by atoms with Crippen LogP contribution in [0.25, 0.3) is 0 Å². The molecule has 0 heterocycles. The minimum Gasteiger partial charge on any atom is -0.508 e. The Balaban J connectivity index is 1.74. The molecule has 26 heavy (non-hydrogen) atoms. The van der Waals surface area contributed by atoms with Gasteiger partial charge in [0.1, 0.15) is 5.75 Å². The summed E-state index contributed by atoms with van der Waals surface area (Å²) in [5.74, 6) is 0.148. The van der Waals surface area contributed by atoms with Gasteiger partial charge in [-0.25, -0.2) is 0 Å². The first-order chi connectivity index (χ1) is 12.6. The van der Waals surface area contributed by atoms with Gasteiger partial charge >= 0.3 is 0 Å². The molecule has 1 unspecified atom stereocenters. The van der Waals surface area contributed by atoms with Gasteiger partial charge in [0, 0.05) is 11.4 Å². The molecule has 0 aliphatic heterocycles. The molecule has 4 heteroatoms. The fourth-order valence-electron chi connectivity index (χ4n) is 2.86.